The van der Waals surface area contributed by atoms with Gasteiger partial charge in [0.1, 0.15) is 11.3 Å². The van der Waals surface area contributed by atoms with Gasteiger partial charge in [-0.15, -0.1) is 5.10 Å². The first-order valence-electron chi connectivity index (χ1n) is 7.82. The largest absolute Gasteiger partial charge is 0.453 e. The molecule has 2 aromatic heterocycles. The number of rotatable bonds is 4. The fourth-order valence-electron chi connectivity index (χ4n) is 2.30. The fraction of sp³-hybridized carbons (Fsp3) is 0.0625. The number of H-pyrrole nitrogens is 2. The average molecular weight is 439 g/mol. The maximum absolute atomic E-state index is 12.0. The van der Waals surface area contributed by atoms with E-state index in [4.69, 9.17) is 33.7 Å². The van der Waals surface area contributed by atoms with Crippen LogP contribution in [0.1, 0.15) is 10.4 Å². The van der Waals surface area contributed by atoms with E-state index in [1.165, 1.54) is 31.4 Å². The van der Waals surface area contributed by atoms with Crippen LogP contribution in [0.2, 0.25) is 10.0 Å². The van der Waals surface area contributed by atoms with Crippen LogP contribution in [0.4, 0.5) is 5.82 Å². The highest BCUT2D eigenvalue weighted by molar-refractivity contribution is 6.37. The summed E-state index contributed by atoms with van der Waals surface area (Å²) in [5.41, 5.74) is 3.10. The Labute approximate surface area is 171 Å². The van der Waals surface area contributed by atoms with Crippen molar-refractivity contribution in [1.29, 1.82) is 0 Å². The van der Waals surface area contributed by atoms with E-state index in [9.17, 15) is 19.2 Å². The summed E-state index contributed by atoms with van der Waals surface area (Å²) >= 11 is 12.4. The van der Waals surface area contributed by atoms with E-state index in [0.29, 0.717) is 0 Å². The number of carbonyl (C=O) groups excluding carboxylic acids is 1. The summed E-state index contributed by atoms with van der Waals surface area (Å²) in [6, 6.07) is 3.83. The SMILES string of the molecule is CNC(=O)c1cc(Oc2c(Cl)cc(-n3nc(N)c(=O)[nH]c3=O)cc2Cl)c[nH]c1=O. The van der Waals surface area contributed by atoms with Gasteiger partial charge in [-0.2, -0.15) is 4.68 Å². The molecule has 13 heteroatoms. The third kappa shape index (κ3) is 4.00. The van der Waals surface area contributed by atoms with Crippen LogP contribution in [0.3, 0.4) is 0 Å². The lowest BCUT2D eigenvalue weighted by Crippen LogP contribution is -2.33. The first-order chi connectivity index (χ1) is 13.7. The van der Waals surface area contributed by atoms with E-state index in [-0.39, 0.29) is 32.8 Å². The monoisotopic (exact) mass is 438 g/mol. The number of amides is 1. The number of nitrogens with two attached hydrogens (primary N) is 1. The second-order valence-corrected chi connectivity index (χ2v) is 6.37. The Kier molecular flexibility index (Phi) is 5.43. The standard InChI is InChI=1S/C16H12Cl2N6O5/c1-20-13(25)8-4-7(5-21-14(8)26)29-11-9(17)2-6(3-10(11)18)24-16(28)22-15(27)12(19)23-24/h2-5H,1H3,(H2,19,23)(H,20,25)(H,21,26)(H,22,27,28). The van der Waals surface area contributed by atoms with Crippen molar-refractivity contribution in [3.63, 3.8) is 0 Å². The molecule has 3 rings (SSSR count). The lowest BCUT2D eigenvalue weighted by molar-refractivity contribution is 0.0961. The van der Waals surface area contributed by atoms with Crippen LogP contribution in [-0.2, 0) is 0 Å². The van der Waals surface area contributed by atoms with Gasteiger partial charge < -0.3 is 20.8 Å². The summed E-state index contributed by atoms with van der Waals surface area (Å²) in [6.45, 7) is 0. The molecular formula is C16H12Cl2N6O5. The Hall–Kier alpha value is -3.57. The summed E-state index contributed by atoms with van der Waals surface area (Å²) in [7, 11) is 1.38. The molecule has 1 aromatic carbocycles. The highest BCUT2D eigenvalue weighted by Gasteiger charge is 2.16. The second kappa shape index (κ2) is 7.81. The Morgan fingerprint density at radius 1 is 1.17 bits per heavy atom. The number of carbonyl (C=O) groups is 1. The van der Waals surface area contributed by atoms with Crippen LogP contribution in [0.5, 0.6) is 11.5 Å². The van der Waals surface area contributed by atoms with Crippen LogP contribution < -0.4 is 32.6 Å². The van der Waals surface area contributed by atoms with Crippen LogP contribution in [0, 0.1) is 0 Å². The number of hydrogen-bond acceptors (Lipinski definition) is 7. The summed E-state index contributed by atoms with van der Waals surface area (Å²) in [6.07, 6.45) is 1.23. The number of pyridine rings is 1. The van der Waals surface area contributed by atoms with Crippen LogP contribution in [-0.4, -0.2) is 32.7 Å². The molecule has 0 unspecified atom stereocenters. The zero-order chi connectivity index (χ0) is 21.3. The van der Waals surface area contributed by atoms with Gasteiger partial charge in [0, 0.05) is 19.3 Å². The maximum Gasteiger partial charge on any atom is 0.349 e. The van der Waals surface area contributed by atoms with E-state index in [2.05, 4.69) is 15.4 Å². The number of ether oxygens (including phenoxy) is 1. The van der Waals surface area contributed by atoms with Crippen molar-refractivity contribution < 1.29 is 9.53 Å². The number of nitrogen functional groups attached to an aromatic ring is 1. The Morgan fingerprint density at radius 3 is 2.45 bits per heavy atom. The van der Waals surface area contributed by atoms with Gasteiger partial charge in [0.15, 0.2) is 5.75 Å². The van der Waals surface area contributed by atoms with Gasteiger partial charge >= 0.3 is 5.69 Å². The molecule has 0 fully saturated rings. The predicted octanol–water partition coefficient (Wildman–Crippen LogP) is 0.650. The molecule has 11 nitrogen and oxygen atoms in total. The van der Waals surface area contributed by atoms with Crippen molar-refractivity contribution in [3.8, 4) is 17.2 Å². The molecule has 3 aromatic rings. The molecule has 0 bridgehead atoms. The lowest BCUT2D eigenvalue weighted by Gasteiger charge is -2.12. The average Bonchev–Trinajstić information content (AvgIpc) is 2.68. The van der Waals surface area contributed by atoms with Crippen molar-refractivity contribution in [2.45, 2.75) is 0 Å². The van der Waals surface area contributed by atoms with Gasteiger partial charge in [0.05, 0.1) is 15.7 Å². The zero-order valence-corrected chi connectivity index (χ0v) is 16.1. The Bertz CT molecular complexity index is 1270. The van der Waals surface area contributed by atoms with Crippen molar-refractivity contribution in [3.05, 3.63) is 71.2 Å². The molecule has 0 aliphatic rings. The van der Waals surface area contributed by atoms with Crippen LogP contribution >= 0.6 is 23.2 Å². The predicted molar refractivity (Wildman–Crippen MR) is 105 cm³/mol. The van der Waals surface area contributed by atoms with Crippen LogP contribution in [0.15, 0.2) is 38.8 Å². The first kappa shape index (κ1) is 20.2. The fourth-order valence-corrected chi connectivity index (χ4v) is 2.85. The number of halogens is 2. The quantitative estimate of drug-likeness (QED) is 0.463. The molecule has 1 amide bonds. The van der Waals surface area contributed by atoms with Gasteiger partial charge in [-0.05, 0) is 12.1 Å². The molecule has 0 spiro atoms. The number of benzene rings is 1. The van der Waals surface area contributed by atoms with Gasteiger partial charge in [-0.1, -0.05) is 23.2 Å². The van der Waals surface area contributed by atoms with E-state index in [1.54, 1.807) is 0 Å². The minimum atomic E-state index is -0.846. The summed E-state index contributed by atoms with van der Waals surface area (Å²) in [4.78, 5) is 51.2. The first-order valence-corrected chi connectivity index (χ1v) is 8.58. The Balaban J connectivity index is 2.03. The number of hydrogen-bond donors (Lipinski definition) is 4. The van der Waals surface area contributed by atoms with E-state index in [0.717, 1.165) is 4.68 Å². The Morgan fingerprint density at radius 2 is 1.83 bits per heavy atom. The summed E-state index contributed by atoms with van der Waals surface area (Å²) in [5, 5.41) is 5.99. The number of anilines is 1. The van der Waals surface area contributed by atoms with Gasteiger partial charge in [-0.3, -0.25) is 19.4 Å². The molecular weight excluding hydrogens is 427 g/mol. The third-order valence-corrected chi connectivity index (χ3v) is 4.21. The molecule has 2 heterocycles. The van der Waals surface area contributed by atoms with Gasteiger partial charge in [0.2, 0.25) is 5.82 Å². The number of aromatic amines is 2. The van der Waals surface area contributed by atoms with Crippen LogP contribution in [0.25, 0.3) is 5.69 Å². The van der Waals surface area contributed by atoms with E-state index < -0.39 is 28.5 Å². The van der Waals surface area contributed by atoms with Crippen molar-refractivity contribution in [1.82, 2.24) is 25.1 Å². The normalized spacial score (nSPS) is 10.6. The number of nitrogens with zero attached hydrogens (tertiary/aromatic N) is 2. The number of aromatic nitrogens is 4. The molecule has 150 valence electrons. The molecule has 5 N–H and O–H groups in total. The van der Waals surface area contributed by atoms with Crippen molar-refractivity contribution in [2.75, 3.05) is 12.8 Å². The zero-order valence-electron chi connectivity index (χ0n) is 14.6. The minimum absolute atomic E-state index is 0.00238. The van der Waals surface area contributed by atoms with Crippen molar-refractivity contribution >= 4 is 34.9 Å². The number of nitrogens with one attached hydrogen (secondary N) is 3. The highest BCUT2D eigenvalue weighted by atomic mass is 35.5. The van der Waals surface area contributed by atoms with E-state index >= 15 is 0 Å². The molecule has 0 saturated carbocycles. The van der Waals surface area contributed by atoms with Gasteiger partial charge in [-0.25, -0.2) is 4.79 Å². The molecule has 0 radical (unpaired) electrons. The molecule has 29 heavy (non-hydrogen) atoms. The van der Waals surface area contributed by atoms with E-state index in [1.807, 2.05) is 4.98 Å². The highest BCUT2D eigenvalue weighted by Crippen LogP contribution is 2.37. The molecule has 0 saturated heterocycles. The molecule has 0 aliphatic carbocycles. The maximum atomic E-state index is 12.0. The second-order valence-electron chi connectivity index (χ2n) is 5.55. The van der Waals surface area contributed by atoms with Gasteiger partial charge in [0.25, 0.3) is 17.0 Å². The molecule has 0 aliphatic heterocycles. The summed E-state index contributed by atoms with van der Waals surface area (Å²) in [5.74, 6) is -0.946. The topological polar surface area (TPSA) is 165 Å². The lowest BCUT2D eigenvalue weighted by atomic mass is 10.2. The minimum Gasteiger partial charge on any atom is -0.453 e. The molecule has 0 atom stereocenters. The van der Waals surface area contributed by atoms with Crippen molar-refractivity contribution in [2.24, 2.45) is 0 Å². The summed E-state index contributed by atoms with van der Waals surface area (Å²) < 4.78 is 6.40. The third-order valence-electron chi connectivity index (χ3n) is 3.65. The smallest absolute Gasteiger partial charge is 0.349 e.